The van der Waals surface area contributed by atoms with E-state index in [4.69, 9.17) is 0 Å². The Bertz CT molecular complexity index is 242. The van der Waals surface area contributed by atoms with Crippen molar-refractivity contribution in [2.45, 2.75) is 59.4 Å². The summed E-state index contributed by atoms with van der Waals surface area (Å²) in [7, 11) is 0. The van der Waals surface area contributed by atoms with E-state index >= 15 is 0 Å². The first kappa shape index (κ1) is 16.9. The molecule has 1 aliphatic heterocycles. The van der Waals surface area contributed by atoms with Gasteiger partial charge < -0.3 is 10.6 Å². The fourth-order valence-electron chi connectivity index (χ4n) is 3.01. The van der Waals surface area contributed by atoms with Crippen LogP contribution in [0, 0.1) is 5.41 Å². The Morgan fingerprint density at radius 2 is 1.68 bits per heavy atom. The highest BCUT2D eigenvalue weighted by molar-refractivity contribution is 4.85. The maximum Gasteiger partial charge on any atom is 0.0166 e. The Morgan fingerprint density at radius 3 is 2.26 bits per heavy atom. The molecule has 0 aromatic rings. The highest BCUT2D eigenvalue weighted by Gasteiger charge is 2.27. The van der Waals surface area contributed by atoms with Crippen LogP contribution in [-0.4, -0.2) is 49.7 Å². The smallest absolute Gasteiger partial charge is 0.0166 e. The molecule has 0 atom stereocenters. The molecule has 1 aliphatic rings. The van der Waals surface area contributed by atoms with Gasteiger partial charge in [-0.15, -0.1) is 0 Å². The third-order valence-electron chi connectivity index (χ3n) is 4.42. The van der Waals surface area contributed by atoms with Crippen LogP contribution in [0.25, 0.3) is 0 Å². The molecule has 0 amide bonds. The molecule has 1 heterocycles. The number of rotatable bonds is 8. The predicted octanol–water partition coefficient (Wildman–Crippen LogP) is 2.48. The number of hydrogen-bond donors (Lipinski definition) is 2. The molecule has 1 fully saturated rings. The lowest BCUT2D eigenvalue weighted by atomic mass is 9.88. The molecular formula is C16H35N3. The zero-order valence-corrected chi connectivity index (χ0v) is 13.8. The molecule has 0 spiro atoms. The molecule has 0 aromatic heterocycles. The lowest BCUT2D eigenvalue weighted by molar-refractivity contribution is 0.0947. The Kier molecular flexibility index (Phi) is 6.78. The minimum absolute atomic E-state index is 0.323. The SMILES string of the molecule is CCCC(C)(C)CNCCC(C)(C)N1CCNCC1. The van der Waals surface area contributed by atoms with Crippen molar-refractivity contribution in [2.75, 3.05) is 39.3 Å². The van der Waals surface area contributed by atoms with Crippen molar-refractivity contribution in [3.63, 3.8) is 0 Å². The van der Waals surface area contributed by atoms with Crippen LogP contribution in [0.4, 0.5) is 0 Å². The van der Waals surface area contributed by atoms with Gasteiger partial charge in [-0.2, -0.15) is 0 Å². The monoisotopic (exact) mass is 269 g/mol. The Morgan fingerprint density at radius 1 is 1.05 bits per heavy atom. The summed E-state index contributed by atoms with van der Waals surface area (Å²) in [5.41, 5.74) is 0.762. The van der Waals surface area contributed by atoms with Crippen LogP contribution >= 0.6 is 0 Å². The van der Waals surface area contributed by atoms with Crippen molar-refractivity contribution in [3.05, 3.63) is 0 Å². The first-order valence-electron chi connectivity index (χ1n) is 8.04. The van der Waals surface area contributed by atoms with Crippen molar-refractivity contribution >= 4 is 0 Å². The number of nitrogens with one attached hydrogen (secondary N) is 2. The molecular weight excluding hydrogens is 234 g/mol. The molecule has 0 unspecified atom stereocenters. The Labute approximate surface area is 120 Å². The summed E-state index contributed by atoms with van der Waals surface area (Å²) < 4.78 is 0. The van der Waals surface area contributed by atoms with E-state index in [9.17, 15) is 0 Å². The maximum absolute atomic E-state index is 3.66. The summed E-state index contributed by atoms with van der Waals surface area (Å²) in [6, 6.07) is 0. The van der Waals surface area contributed by atoms with Gasteiger partial charge in [-0.05, 0) is 38.6 Å². The summed E-state index contributed by atoms with van der Waals surface area (Å²) in [6.07, 6.45) is 3.82. The maximum atomic E-state index is 3.66. The second-order valence-corrected chi connectivity index (χ2v) is 7.39. The fraction of sp³-hybridized carbons (Fsp3) is 1.00. The van der Waals surface area contributed by atoms with Gasteiger partial charge in [0.2, 0.25) is 0 Å². The van der Waals surface area contributed by atoms with Gasteiger partial charge in [0.1, 0.15) is 0 Å². The van der Waals surface area contributed by atoms with Gasteiger partial charge in [0.05, 0.1) is 0 Å². The van der Waals surface area contributed by atoms with E-state index in [1.807, 2.05) is 0 Å². The zero-order valence-electron chi connectivity index (χ0n) is 13.8. The summed E-state index contributed by atoms with van der Waals surface area (Å²) in [4.78, 5) is 2.63. The minimum atomic E-state index is 0.323. The van der Waals surface area contributed by atoms with Gasteiger partial charge in [0.15, 0.2) is 0 Å². The zero-order chi connectivity index (χ0) is 14.4. The topological polar surface area (TPSA) is 27.3 Å². The molecule has 1 saturated heterocycles. The fourth-order valence-corrected chi connectivity index (χ4v) is 3.01. The molecule has 0 aliphatic carbocycles. The largest absolute Gasteiger partial charge is 0.316 e. The van der Waals surface area contributed by atoms with E-state index in [0.29, 0.717) is 11.0 Å². The van der Waals surface area contributed by atoms with Crippen LogP contribution in [0.1, 0.15) is 53.9 Å². The number of nitrogens with zero attached hydrogens (tertiary/aromatic N) is 1. The molecule has 114 valence electrons. The first-order chi connectivity index (χ1) is 8.87. The van der Waals surface area contributed by atoms with E-state index in [0.717, 1.165) is 26.2 Å². The lowest BCUT2D eigenvalue weighted by Gasteiger charge is -2.41. The third-order valence-corrected chi connectivity index (χ3v) is 4.42. The highest BCUT2D eigenvalue weighted by atomic mass is 15.2. The Balaban J connectivity index is 2.23. The van der Waals surface area contributed by atoms with E-state index in [1.54, 1.807) is 0 Å². The van der Waals surface area contributed by atoms with Gasteiger partial charge in [-0.1, -0.05) is 27.2 Å². The van der Waals surface area contributed by atoms with E-state index in [1.165, 1.54) is 32.4 Å². The number of piperazine rings is 1. The summed E-state index contributed by atoms with van der Waals surface area (Å²) in [5.74, 6) is 0. The summed E-state index contributed by atoms with van der Waals surface area (Å²) in [6.45, 7) is 18.7. The van der Waals surface area contributed by atoms with Crippen LogP contribution in [0.3, 0.4) is 0 Å². The normalized spacial score (nSPS) is 18.8. The van der Waals surface area contributed by atoms with E-state index < -0.39 is 0 Å². The van der Waals surface area contributed by atoms with Crippen molar-refractivity contribution in [1.29, 1.82) is 0 Å². The highest BCUT2D eigenvalue weighted by Crippen LogP contribution is 2.22. The van der Waals surface area contributed by atoms with Crippen LogP contribution in [0.5, 0.6) is 0 Å². The molecule has 3 nitrogen and oxygen atoms in total. The van der Waals surface area contributed by atoms with E-state index in [2.05, 4.69) is 50.2 Å². The average molecular weight is 269 g/mol. The Hall–Kier alpha value is -0.120. The van der Waals surface area contributed by atoms with Gasteiger partial charge in [-0.3, -0.25) is 4.90 Å². The quantitative estimate of drug-likeness (QED) is 0.663. The van der Waals surface area contributed by atoms with Gasteiger partial charge >= 0.3 is 0 Å². The average Bonchev–Trinajstić information content (AvgIpc) is 2.36. The molecule has 2 N–H and O–H groups in total. The summed E-state index contributed by atoms with van der Waals surface area (Å²) >= 11 is 0. The lowest BCUT2D eigenvalue weighted by Crippen LogP contribution is -2.54. The van der Waals surface area contributed by atoms with Gasteiger partial charge in [-0.25, -0.2) is 0 Å². The molecule has 0 bridgehead atoms. The van der Waals surface area contributed by atoms with Crippen molar-refractivity contribution in [2.24, 2.45) is 5.41 Å². The molecule has 1 rings (SSSR count). The molecule has 0 radical (unpaired) electrons. The van der Waals surface area contributed by atoms with Crippen molar-refractivity contribution in [3.8, 4) is 0 Å². The second-order valence-electron chi connectivity index (χ2n) is 7.39. The molecule has 0 aromatic carbocycles. The van der Waals surface area contributed by atoms with Crippen molar-refractivity contribution < 1.29 is 0 Å². The van der Waals surface area contributed by atoms with Crippen LogP contribution in [-0.2, 0) is 0 Å². The first-order valence-corrected chi connectivity index (χ1v) is 8.04. The predicted molar refractivity (Wildman–Crippen MR) is 84.7 cm³/mol. The number of hydrogen-bond acceptors (Lipinski definition) is 3. The van der Waals surface area contributed by atoms with E-state index in [-0.39, 0.29) is 0 Å². The second kappa shape index (κ2) is 7.61. The van der Waals surface area contributed by atoms with Crippen LogP contribution in [0.15, 0.2) is 0 Å². The molecule has 3 heteroatoms. The minimum Gasteiger partial charge on any atom is -0.316 e. The van der Waals surface area contributed by atoms with Gasteiger partial charge in [0.25, 0.3) is 0 Å². The van der Waals surface area contributed by atoms with Crippen LogP contribution < -0.4 is 10.6 Å². The van der Waals surface area contributed by atoms with Crippen LogP contribution in [0.2, 0.25) is 0 Å². The third kappa shape index (κ3) is 6.24. The molecule has 0 saturated carbocycles. The standard InChI is InChI=1S/C16H35N3/c1-6-7-15(2,3)14-18-9-8-16(4,5)19-12-10-17-11-13-19/h17-18H,6-14H2,1-5H3. The van der Waals surface area contributed by atoms with Crippen molar-refractivity contribution in [1.82, 2.24) is 15.5 Å². The van der Waals surface area contributed by atoms with Gasteiger partial charge in [0, 0.05) is 38.3 Å². The summed E-state index contributed by atoms with van der Waals surface area (Å²) in [5, 5.41) is 7.09. The molecule has 19 heavy (non-hydrogen) atoms.